The summed E-state index contributed by atoms with van der Waals surface area (Å²) in [4.78, 5) is 17.3. The van der Waals surface area contributed by atoms with E-state index in [1.807, 2.05) is 42.5 Å². The molecule has 0 bridgehead atoms. The molecule has 6 rings (SSSR count). The first kappa shape index (κ1) is 17.0. The summed E-state index contributed by atoms with van der Waals surface area (Å²) in [6.07, 6.45) is 0.975. The molecular weight excluding hydrogens is 370 g/mol. The molecule has 0 saturated carbocycles. The molecule has 0 saturated heterocycles. The number of hydrogen-bond acceptors (Lipinski definition) is 2. The molecule has 0 unspecified atom stereocenters. The number of rotatable bonds is 3. The Balaban J connectivity index is 1.71. The predicted octanol–water partition coefficient (Wildman–Crippen LogP) is 5.66. The molecular formula is C26H19N3O. The molecule has 0 spiro atoms. The molecule has 0 atom stereocenters. The minimum atomic E-state index is 0.718. The first-order valence-electron chi connectivity index (χ1n) is 10.1. The van der Waals surface area contributed by atoms with Crippen LogP contribution in [0.5, 0.6) is 0 Å². The summed E-state index contributed by atoms with van der Waals surface area (Å²) >= 11 is 0. The Kier molecular flexibility index (Phi) is 3.71. The van der Waals surface area contributed by atoms with Crippen molar-refractivity contribution >= 4 is 17.2 Å². The van der Waals surface area contributed by atoms with Gasteiger partial charge in [0.15, 0.2) is 12.1 Å². The highest BCUT2D eigenvalue weighted by Crippen LogP contribution is 2.41. The average molecular weight is 389 g/mol. The minimum Gasteiger partial charge on any atom is -0.336 e. The second kappa shape index (κ2) is 6.56. The molecule has 4 nitrogen and oxygen atoms in total. The van der Waals surface area contributed by atoms with Crippen molar-refractivity contribution in [2.24, 2.45) is 0 Å². The topological polar surface area (TPSA) is 39.8 Å². The van der Waals surface area contributed by atoms with Crippen molar-refractivity contribution in [1.82, 2.24) is 14.1 Å². The molecule has 0 N–H and O–H groups in total. The number of aryl methyl sites for hydroxylation is 1. The Morgan fingerprint density at radius 2 is 1.33 bits per heavy atom. The van der Waals surface area contributed by atoms with Crippen molar-refractivity contribution in [1.29, 1.82) is 0 Å². The van der Waals surface area contributed by atoms with Crippen LogP contribution in [-0.2, 0) is 13.1 Å². The summed E-state index contributed by atoms with van der Waals surface area (Å²) in [5.41, 5.74) is 6.98. The van der Waals surface area contributed by atoms with Crippen LogP contribution in [0.15, 0.2) is 84.9 Å². The van der Waals surface area contributed by atoms with Crippen LogP contribution in [0, 0.1) is 0 Å². The number of aldehydes is 1. The van der Waals surface area contributed by atoms with Gasteiger partial charge in [0, 0.05) is 35.1 Å². The SMILES string of the molecule is O=Cc1c2n(c3ccccc13)CCn1c-2nc(-c2ccccc2)c1-c1ccccc1. The van der Waals surface area contributed by atoms with Gasteiger partial charge >= 0.3 is 0 Å². The highest BCUT2D eigenvalue weighted by Gasteiger charge is 2.29. The van der Waals surface area contributed by atoms with Crippen molar-refractivity contribution in [3.05, 3.63) is 90.5 Å². The maximum atomic E-state index is 12.1. The molecule has 30 heavy (non-hydrogen) atoms. The maximum absolute atomic E-state index is 12.1. The van der Waals surface area contributed by atoms with Crippen molar-refractivity contribution in [3.63, 3.8) is 0 Å². The average Bonchev–Trinajstić information content (AvgIpc) is 3.36. The Morgan fingerprint density at radius 3 is 2.07 bits per heavy atom. The lowest BCUT2D eigenvalue weighted by molar-refractivity contribution is 0.112. The Labute approximate surface area is 174 Å². The number of carbonyl (C=O) groups is 1. The Hall–Kier alpha value is -3.92. The van der Waals surface area contributed by atoms with Gasteiger partial charge in [-0.05, 0) is 6.07 Å². The first-order valence-corrected chi connectivity index (χ1v) is 10.1. The van der Waals surface area contributed by atoms with E-state index in [1.165, 1.54) is 0 Å². The monoisotopic (exact) mass is 389 g/mol. The van der Waals surface area contributed by atoms with Crippen LogP contribution in [0.4, 0.5) is 0 Å². The molecule has 0 fully saturated rings. The summed E-state index contributed by atoms with van der Waals surface area (Å²) in [6.45, 7) is 1.62. The maximum Gasteiger partial charge on any atom is 0.158 e. The van der Waals surface area contributed by atoms with Crippen molar-refractivity contribution in [2.45, 2.75) is 13.1 Å². The highest BCUT2D eigenvalue weighted by atomic mass is 16.1. The lowest BCUT2D eigenvalue weighted by Crippen LogP contribution is -2.17. The van der Waals surface area contributed by atoms with Gasteiger partial charge in [0.25, 0.3) is 0 Å². The fourth-order valence-corrected chi connectivity index (χ4v) is 4.66. The van der Waals surface area contributed by atoms with E-state index in [4.69, 9.17) is 4.98 Å². The van der Waals surface area contributed by atoms with E-state index in [1.54, 1.807) is 0 Å². The van der Waals surface area contributed by atoms with E-state index in [-0.39, 0.29) is 0 Å². The second-order valence-corrected chi connectivity index (χ2v) is 7.57. The van der Waals surface area contributed by atoms with Gasteiger partial charge in [-0.2, -0.15) is 0 Å². The molecule has 5 aromatic rings. The van der Waals surface area contributed by atoms with Gasteiger partial charge in [0.1, 0.15) is 0 Å². The second-order valence-electron chi connectivity index (χ2n) is 7.57. The fraction of sp³-hybridized carbons (Fsp3) is 0.0769. The van der Waals surface area contributed by atoms with Crippen LogP contribution >= 0.6 is 0 Å². The number of fused-ring (bicyclic) bond motifs is 5. The smallest absolute Gasteiger partial charge is 0.158 e. The van der Waals surface area contributed by atoms with Crippen molar-refractivity contribution in [2.75, 3.05) is 0 Å². The van der Waals surface area contributed by atoms with Crippen LogP contribution in [0.2, 0.25) is 0 Å². The zero-order chi connectivity index (χ0) is 20.1. The quantitative estimate of drug-likeness (QED) is 0.373. The van der Waals surface area contributed by atoms with E-state index >= 15 is 0 Å². The number of hydrogen-bond donors (Lipinski definition) is 0. The zero-order valence-corrected chi connectivity index (χ0v) is 16.3. The third-order valence-electron chi connectivity index (χ3n) is 5.95. The van der Waals surface area contributed by atoms with Crippen molar-refractivity contribution < 1.29 is 4.79 Å². The predicted molar refractivity (Wildman–Crippen MR) is 119 cm³/mol. The third-order valence-corrected chi connectivity index (χ3v) is 5.95. The van der Waals surface area contributed by atoms with Gasteiger partial charge in [0.05, 0.1) is 22.6 Å². The van der Waals surface area contributed by atoms with E-state index in [0.29, 0.717) is 0 Å². The Bertz CT molecular complexity index is 1400. The van der Waals surface area contributed by atoms with Gasteiger partial charge in [-0.25, -0.2) is 4.98 Å². The normalized spacial score (nSPS) is 12.5. The number of nitrogens with zero attached hydrogens (tertiary/aromatic N) is 3. The highest BCUT2D eigenvalue weighted by molar-refractivity contribution is 6.05. The molecule has 2 aromatic heterocycles. The molecule has 144 valence electrons. The molecule has 1 aliphatic heterocycles. The van der Waals surface area contributed by atoms with Gasteiger partial charge in [-0.3, -0.25) is 4.79 Å². The summed E-state index contributed by atoms with van der Waals surface area (Å²) in [7, 11) is 0. The molecule has 0 aliphatic carbocycles. The van der Waals surface area contributed by atoms with Crippen LogP contribution < -0.4 is 0 Å². The Morgan fingerprint density at radius 1 is 0.700 bits per heavy atom. The number of benzene rings is 3. The van der Waals surface area contributed by atoms with Gasteiger partial charge < -0.3 is 9.13 Å². The van der Waals surface area contributed by atoms with E-state index in [9.17, 15) is 4.79 Å². The van der Waals surface area contributed by atoms with E-state index < -0.39 is 0 Å². The number of aromatic nitrogens is 3. The molecule has 0 radical (unpaired) electrons. The standard InChI is InChI=1S/C26H19N3O/c30-17-21-20-13-7-8-14-22(20)28-15-16-29-24(19-11-5-2-6-12-19)23(27-26(29)25(21)28)18-9-3-1-4-10-18/h1-14,17H,15-16H2. The number of para-hydroxylation sites is 1. The number of imidazole rings is 1. The summed E-state index contributed by atoms with van der Waals surface area (Å²) in [5.74, 6) is 0.859. The van der Waals surface area contributed by atoms with Crippen LogP contribution in [0.1, 0.15) is 10.4 Å². The lowest BCUT2D eigenvalue weighted by atomic mass is 10.0. The fourth-order valence-electron chi connectivity index (χ4n) is 4.66. The zero-order valence-electron chi connectivity index (χ0n) is 16.3. The largest absolute Gasteiger partial charge is 0.336 e. The van der Waals surface area contributed by atoms with Crippen LogP contribution in [0.25, 0.3) is 44.9 Å². The summed E-state index contributed by atoms with van der Waals surface area (Å²) in [5, 5.41) is 0.987. The molecule has 3 aromatic carbocycles. The van der Waals surface area contributed by atoms with E-state index in [2.05, 4.69) is 51.6 Å². The van der Waals surface area contributed by atoms with Crippen LogP contribution in [-0.4, -0.2) is 20.4 Å². The lowest BCUT2D eigenvalue weighted by Gasteiger charge is -2.21. The van der Waals surface area contributed by atoms with Gasteiger partial charge in [-0.1, -0.05) is 78.9 Å². The van der Waals surface area contributed by atoms with E-state index in [0.717, 1.165) is 69.9 Å². The third kappa shape index (κ3) is 2.34. The first-order chi connectivity index (χ1) is 14.9. The minimum absolute atomic E-state index is 0.718. The molecule has 0 amide bonds. The molecule has 3 heterocycles. The summed E-state index contributed by atoms with van der Waals surface area (Å²) in [6, 6.07) is 28.8. The summed E-state index contributed by atoms with van der Waals surface area (Å²) < 4.78 is 4.52. The molecule has 4 heteroatoms. The van der Waals surface area contributed by atoms with Gasteiger partial charge in [-0.15, -0.1) is 0 Å². The van der Waals surface area contributed by atoms with Crippen LogP contribution in [0.3, 0.4) is 0 Å². The van der Waals surface area contributed by atoms with Crippen molar-refractivity contribution in [3.8, 4) is 34.0 Å². The number of carbonyl (C=O) groups excluding carboxylic acids is 1. The molecule has 1 aliphatic rings. The van der Waals surface area contributed by atoms with Gasteiger partial charge in [0.2, 0.25) is 0 Å².